The summed E-state index contributed by atoms with van der Waals surface area (Å²) in [5.74, 6) is 1.67. The molecular weight excluding hydrogens is 210 g/mol. The Bertz CT molecular complexity index is 435. The summed E-state index contributed by atoms with van der Waals surface area (Å²) < 4.78 is 0. The van der Waals surface area contributed by atoms with Crippen LogP contribution in [-0.2, 0) is 6.42 Å². The molecule has 1 aromatic rings. The molecule has 3 heteroatoms. The number of aromatic nitrogens is 2. The maximum absolute atomic E-state index is 6.21. The van der Waals surface area contributed by atoms with Gasteiger partial charge in [-0.15, -0.1) is 0 Å². The van der Waals surface area contributed by atoms with Crippen LogP contribution >= 0.6 is 0 Å². The van der Waals surface area contributed by atoms with Crippen LogP contribution < -0.4 is 5.73 Å². The highest BCUT2D eigenvalue weighted by Gasteiger charge is 2.32. The Labute approximate surface area is 103 Å². The molecule has 3 nitrogen and oxygen atoms in total. The fourth-order valence-electron chi connectivity index (χ4n) is 2.99. The van der Waals surface area contributed by atoms with E-state index in [0.717, 1.165) is 18.7 Å². The van der Waals surface area contributed by atoms with Crippen LogP contribution in [0.3, 0.4) is 0 Å². The number of fused-ring (bicyclic) bond motifs is 1. The summed E-state index contributed by atoms with van der Waals surface area (Å²) in [5.41, 5.74) is 8.86. The van der Waals surface area contributed by atoms with Crippen molar-refractivity contribution in [2.45, 2.75) is 57.9 Å². The Hall–Kier alpha value is -0.960. The Kier molecular flexibility index (Phi) is 2.47. The van der Waals surface area contributed by atoms with Gasteiger partial charge in [-0.1, -0.05) is 20.3 Å². The molecule has 1 unspecified atom stereocenters. The lowest BCUT2D eigenvalue weighted by Crippen LogP contribution is -2.31. The van der Waals surface area contributed by atoms with E-state index in [1.165, 1.54) is 30.5 Å². The van der Waals surface area contributed by atoms with Crippen LogP contribution in [0.4, 0.5) is 0 Å². The Morgan fingerprint density at radius 1 is 1.35 bits per heavy atom. The van der Waals surface area contributed by atoms with Gasteiger partial charge in [0.2, 0.25) is 0 Å². The van der Waals surface area contributed by atoms with Gasteiger partial charge in [-0.05, 0) is 31.1 Å². The Morgan fingerprint density at radius 3 is 2.76 bits per heavy atom. The van der Waals surface area contributed by atoms with Gasteiger partial charge in [0.25, 0.3) is 0 Å². The summed E-state index contributed by atoms with van der Waals surface area (Å²) >= 11 is 0. The summed E-state index contributed by atoms with van der Waals surface area (Å²) in [6, 6.07) is 0.115. The minimum atomic E-state index is 0.115. The summed E-state index contributed by atoms with van der Waals surface area (Å²) in [6.07, 6.45) is 7.90. The van der Waals surface area contributed by atoms with Crippen LogP contribution in [0.1, 0.15) is 68.6 Å². The van der Waals surface area contributed by atoms with Crippen LogP contribution in [0.5, 0.6) is 0 Å². The summed E-state index contributed by atoms with van der Waals surface area (Å²) in [5, 5.41) is 0. The third kappa shape index (κ3) is 1.97. The van der Waals surface area contributed by atoms with E-state index >= 15 is 0 Å². The molecule has 2 N–H and O–H groups in total. The standard InChI is InChI=1S/C14H21N3/c1-14(2)6-11(15)10-8-16-13(9-4-3-5-9)17-12(10)7-14/h8-9,11H,3-7,15H2,1-2H3. The molecule has 1 saturated carbocycles. The average Bonchev–Trinajstić information content (AvgIpc) is 2.11. The molecule has 0 bridgehead atoms. The van der Waals surface area contributed by atoms with Crippen molar-refractivity contribution in [2.24, 2.45) is 11.1 Å². The highest BCUT2D eigenvalue weighted by atomic mass is 14.9. The highest BCUT2D eigenvalue weighted by molar-refractivity contribution is 5.27. The van der Waals surface area contributed by atoms with Crippen LogP contribution in [0, 0.1) is 5.41 Å². The lowest BCUT2D eigenvalue weighted by atomic mass is 9.74. The predicted octanol–water partition coefficient (Wildman–Crippen LogP) is 2.72. The molecule has 1 aromatic heterocycles. The van der Waals surface area contributed by atoms with Crippen molar-refractivity contribution < 1.29 is 0 Å². The smallest absolute Gasteiger partial charge is 0.131 e. The monoisotopic (exact) mass is 231 g/mol. The first kappa shape index (κ1) is 11.1. The minimum absolute atomic E-state index is 0.115. The zero-order valence-corrected chi connectivity index (χ0v) is 10.7. The van der Waals surface area contributed by atoms with Gasteiger partial charge in [0.15, 0.2) is 0 Å². The van der Waals surface area contributed by atoms with E-state index in [4.69, 9.17) is 10.7 Å². The fraction of sp³-hybridized carbons (Fsp3) is 0.714. The van der Waals surface area contributed by atoms with Crippen molar-refractivity contribution in [3.8, 4) is 0 Å². The van der Waals surface area contributed by atoms with Gasteiger partial charge >= 0.3 is 0 Å². The second-order valence-electron chi connectivity index (χ2n) is 6.41. The van der Waals surface area contributed by atoms with Crippen LogP contribution in [0.15, 0.2) is 6.20 Å². The molecule has 0 saturated heterocycles. The van der Waals surface area contributed by atoms with Gasteiger partial charge < -0.3 is 5.73 Å². The molecule has 3 rings (SSSR count). The molecule has 0 aromatic carbocycles. The normalized spacial score (nSPS) is 27.4. The molecule has 92 valence electrons. The van der Waals surface area contributed by atoms with E-state index in [2.05, 4.69) is 18.8 Å². The molecule has 0 spiro atoms. The van der Waals surface area contributed by atoms with Gasteiger partial charge in [-0.3, -0.25) is 0 Å². The first-order chi connectivity index (χ1) is 8.05. The lowest BCUT2D eigenvalue weighted by Gasteiger charge is -2.35. The van der Waals surface area contributed by atoms with Gasteiger partial charge in [0, 0.05) is 29.4 Å². The van der Waals surface area contributed by atoms with Crippen LogP contribution in [0.25, 0.3) is 0 Å². The lowest BCUT2D eigenvalue weighted by molar-refractivity contribution is 0.276. The highest BCUT2D eigenvalue weighted by Crippen LogP contribution is 2.40. The van der Waals surface area contributed by atoms with Crippen molar-refractivity contribution >= 4 is 0 Å². The number of hydrogen-bond donors (Lipinski definition) is 1. The largest absolute Gasteiger partial charge is 0.324 e. The van der Waals surface area contributed by atoms with Gasteiger partial charge in [-0.25, -0.2) is 9.97 Å². The predicted molar refractivity (Wildman–Crippen MR) is 67.7 cm³/mol. The number of rotatable bonds is 1. The molecule has 1 heterocycles. The van der Waals surface area contributed by atoms with Crippen molar-refractivity contribution in [2.75, 3.05) is 0 Å². The topological polar surface area (TPSA) is 51.8 Å². The van der Waals surface area contributed by atoms with Crippen molar-refractivity contribution in [1.29, 1.82) is 0 Å². The van der Waals surface area contributed by atoms with Gasteiger partial charge in [-0.2, -0.15) is 0 Å². The first-order valence-corrected chi connectivity index (χ1v) is 6.66. The molecular formula is C14H21N3. The third-order valence-electron chi connectivity index (χ3n) is 4.21. The molecule has 0 amide bonds. The van der Waals surface area contributed by atoms with E-state index in [9.17, 15) is 0 Å². The quantitative estimate of drug-likeness (QED) is 0.808. The van der Waals surface area contributed by atoms with Crippen molar-refractivity contribution in [3.05, 3.63) is 23.3 Å². The molecule has 1 atom stereocenters. The van der Waals surface area contributed by atoms with E-state index in [1.54, 1.807) is 0 Å². The zero-order valence-electron chi connectivity index (χ0n) is 10.7. The summed E-state index contributed by atoms with van der Waals surface area (Å²) in [6.45, 7) is 4.56. The second kappa shape index (κ2) is 3.77. The number of nitrogens with two attached hydrogens (primary N) is 1. The Morgan fingerprint density at radius 2 is 2.12 bits per heavy atom. The van der Waals surface area contributed by atoms with Crippen LogP contribution in [-0.4, -0.2) is 9.97 Å². The zero-order chi connectivity index (χ0) is 12.0. The summed E-state index contributed by atoms with van der Waals surface area (Å²) in [4.78, 5) is 9.31. The minimum Gasteiger partial charge on any atom is -0.324 e. The fourth-order valence-corrected chi connectivity index (χ4v) is 2.99. The maximum Gasteiger partial charge on any atom is 0.131 e. The van der Waals surface area contributed by atoms with E-state index < -0.39 is 0 Å². The molecule has 2 aliphatic carbocycles. The van der Waals surface area contributed by atoms with Crippen molar-refractivity contribution in [1.82, 2.24) is 9.97 Å². The molecule has 1 fully saturated rings. The maximum atomic E-state index is 6.21. The van der Waals surface area contributed by atoms with E-state index in [0.29, 0.717) is 5.92 Å². The third-order valence-corrected chi connectivity index (χ3v) is 4.21. The average molecular weight is 231 g/mol. The molecule has 0 radical (unpaired) electrons. The molecule has 0 aliphatic heterocycles. The Balaban J connectivity index is 1.96. The van der Waals surface area contributed by atoms with Gasteiger partial charge in [0.1, 0.15) is 5.82 Å². The van der Waals surface area contributed by atoms with Crippen LogP contribution in [0.2, 0.25) is 0 Å². The van der Waals surface area contributed by atoms with E-state index in [1.807, 2.05) is 6.20 Å². The molecule has 17 heavy (non-hydrogen) atoms. The summed E-state index contributed by atoms with van der Waals surface area (Å²) in [7, 11) is 0. The first-order valence-electron chi connectivity index (χ1n) is 6.66. The molecule has 2 aliphatic rings. The van der Waals surface area contributed by atoms with Crippen molar-refractivity contribution in [3.63, 3.8) is 0 Å². The van der Waals surface area contributed by atoms with E-state index in [-0.39, 0.29) is 11.5 Å². The SMILES string of the molecule is CC1(C)Cc2nc(C3CCC3)ncc2C(N)C1. The number of hydrogen-bond acceptors (Lipinski definition) is 3. The number of nitrogens with zero attached hydrogens (tertiary/aromatic N) is 2. The van der Waals surface area contributed by atoms with Gasteiger partial charge in [0.05, 0.1) is 0 Å². The second-order valence-corrected chi connectivity index (χ2v) is 6.41.